The molecule has 0 radical (unpaired) electrons. The Morgan fingerprint density at radius 2 is 2.11 bits per heavy atom. The lowest BCUT2D eigenvalue weighted by Crippen LogP contribution is -2.16. The van der Waals surface area contributed by atoms with E-state index in [4.69, 9.17) is 0 Å². The summed E-state index contributed by atoms with van der Waals surface area (Å²) in [5.41, 5.74) is 2.05. The monoisotopic (exact) mass is 257 g/mol. The number of non-ortho nitro benzene ring substituents is 1. The van der Waals surface area contributed by atoms with Gasteiger partial charge in [-0.15, -0.1) is 0 Å². The van der Waals surface area contributed by atoms with Gasteiger partial charge in [0.25, 0.3) is 5.69 Å². The first-order valence-corrected chi connectivity index (χ1v) is 6.30. The molecule has 0 aliphatic heterocycles. The van der Waals surface area contributed by atoms with Crippen molar-refractivity contribution in [3.8, 4) is 0 Å². The van der Waals surface area contributed by atoms with E-state index < -0.39 is 0 Å². The molecule has 1 aliphatic carbocycles. The van der Waals surface area contributed by atoms with Crippen molar-refractivity contribution in [1.82, 2.24) is 4.98 Å². The smallest absolute Gasteiger partial charge is 0.278 e. The van der Waals surface area contributed by atoms with Crippen molar-refractivity contribution in [2.75, 3.05) is 5.32 Å². The summed E-state index contributed by atoms with van der Waals surface area (Å²) < 4.78 is 0. The maximum absolute atomic E-state index is 11.1. The lowest BCUT2D eigenvalue weighted by Gasteiger charge is -2.15. The summed E-state index contributed by atoms with van der Waals surface area (Å²) in [4.78, 5) is 14.9. The molecule has 1 aromatic heterocycles. The number of pyridine rings is 1. The molecule has 0 atom stereocenters. The molecule has 0 spiro atoms. The van der Waals surface area contributed by atoms with Crippen LogP contribution in [0, 0.1) is 17.0 Å². The molecule has 19 heavy (non-hydrogen) atoms. The van der Waals surface area contributed by atoms with Crippen molar-refractivity contribution in [1.29, 1.82) is 0 Å². The Bertz CT molecular complexity index is 678. The third-order valence-electron chi connectivity index (χ3n) is 3.65. The number of hydrogen-bond donors (Lipinski definition) is 1. The zero-order chi connectivity index (χ0) is 13.6. The van der Waals surface area contributed by atoms with Crippen molar-refractivity contribution in [3.05, 3.63) is 40.2 Å². The molecule has 1 saturated carbocycles. The number of fused-ring (bicyclic) bond motifs is 1. The molecule has 0 amide bonds. The molecule has 0 unspecified atom stereocenters. The van der Waals surface area contributed by atoms with Crippen LogP contribution in [-0.4, -0.2) is 15.4 Å². The van der Waals surface area contributed by atoms with Gasteiger partial charge in [0.15, 0.2) is 0 Å². The van der Waals surface area contributed by atoms with Gasteiger partial charge in [0.2, 0.25) is 0 Å². The van der Waals surface area contributed by atoms with E-state index in [0.29, 0.717) is 5.39 Å². The fourth-order valence-electron chi connectivity index (χ4n) is 2.23. The highest BCUT2D eigenvalue weighted by Gasteiger charge is 2.37. The Labute approximate surface area is 110 Å². The minimum atomic E-state index is -0.359. The quantitative estimate of drug-likeness (QED) is 0.675. The summed E-state index contributed by atoms with van der Waals surface area (Å²) in [5, 5.41) is 16.0. The molecule has 2 aromatic rings. The molecule has 1 aromatic carbocycles. The number of anilines is 1. The van der Waals surface area contributed by atoms with Gasteiger partial charge in [-0.05, 0) is 38.8 Å². The number of nitro groups is 1. The van der Waals surface area contributed by atoms with Crippen LogP contribution >= 0.6 is 0 Å². The van der Waals surface area contributed by atoms with Gasteiger partial charge in [-0.25, -0.2) is 0 Å². The van der Waals surface area contributed by atoms with E-state index in [1.807, 2.05) is 13.0 Å². The normalized spacial score (nSPS) is 16.3. The minimum Gasteiger partial charge on any atom is -0.379 e. The number of nitrogens with zero attached hydrogens (tertiary/aromatic N) is 2. The van der Waals surface area contributed by atoms with Crippen molar-refractivity contribution in [3.63, 3.8) is 0 Å². The van der Waals surface area contributed by atoms with Crippen LogP contribution in [0.15, 0.2) is 24.4 Å². The summed E-state index contributed by atoms with van der Waals surface area (Å²) in [6, 6.07) is 5.24. The second kappa shape index (κ2) is 3.91. The largest absolute Gasteiger partial charge is 0.379 e. The summed E-state index contributed by atoms with van der Waals surface area (Å²) in [6.07, 6.45) is 3.86. The molecule has 1 aliphatic rings. The first kappa shape index (κ1) is 11.9. The minimum absolute atomic E-state index is 0.106. The van der Waals surface area contributed by atoms with Gasteiger partial charge in [0, 0.05) is 34.6 Å². The second-order valence-electron chi connectivity index (χ2n) is 5.45. The molecule has 1 heterocycles. The van der Waals surface area contributed by atoms with Crippen LogP contribution in [0.1, 0.15) is 25.5 Å². The summed E-state index contributed by atoms with van der Waals surface area (Å²) >= 11 is 0. The molecule has 98 valence electrons. The highest BCUT2D eigenvalue weighted by molar-refractivity contribution is 5.99. The maximum atomic E-state index is 11.1. The lowest BCUT2D eigenvalue weighted by molar-refractivity contribution is -0.383. The third-order valence-corrected chi connectivity index (χ3v) is 3.65. The van der Waals surface area contributed by atoms with Crippen LogP contribution < -0.4 is 5.32 Å². The lowest BCUT2D eigenvalue weighted by atomic mass is 10.1. The number of nitrogens with one attached hydrogen (secondary N) is 1. The Morgan fingerprint density at radius 1 is 1.37 bits per heavy atom. The molecule has 1 N–H and O–H groups in total. The fourth-order valence-corrected chi connectivity index (χ4v) is 2.23. The van der Waals surface area contributed by atoms with Crippen LogP contribution in [-0.2, 0) is 0 Å². The van der Waals surface area contributed by atoms with Crippen molar-refractivity contribution >= 4 is 22.1 Å². The molecule has 0 saturated heterocycles. The van der Waals surface area contributed by atoms with Crippen LogP contribution in [0.5, 0.6) is 0 Å². The zero-order valence-corrected chi connectivity index (χ0v) is 10.9. The Hall–Kier alpha value is -2.17. The first-order chi connectivity index (χ1) is 8.98. The zero-order valence-electron chi connectivity index (χ0n) is 10.9. The Morgan fingerprint density at radius 3 is 2.74 bits per heavy atom. The van der Waals surface area contributed by atoms with E-state index in [0.717, 1.165) is 29.6 Å². The van der Waals surface area contributed by atoms with E-state index in [2.05, 4.69) is 17.2 Å². The van der Waals surface area contributed by atoms with Gasteiger partial charge in [-0.1, -0.05) is 0 Å². The maximum Gasteiger partial charge on any atom is 0.278 e. The van der Waals surface area contributed by atoms with Crippen molar-refractivity contribution in [2.24, 2.45) is 0 Å². The SMILES string of the molecule is Cc1cc2c(NC3(C)CC3)ccc([N+](=O)[O-])c2cn1. The Balaban J connectivity index is 2.20. The number of benzene rings is 1. The highest BCUT2D eigenvalue weighted by atomic mass is 16.6. The average molecular weight is 257 g/mol. The number of rotatable bonds is 3. The second-order valence-corrected chi connectivity index (χ2v) is 5.45. The van der Waals surface area contributed by atoms with Crippen molar-refractivity contribution < 1.29 is 4.92 Å². The van der Waals surface area contributed by atoms with Gasteiger partial charge in [-0.2, -0.15) is 0 Å². The summed E-state index contributed by atoms with van der Waals surface area (Å²) in [6.45, 7) is 4.05. The third kappa shape index (κ3) is 2.12. The topological polar surface area (TPSA) is 68.1 Å². The standard InChI is InChI=1S/C14H15N3O2/c1-9-7-10-11(8-15-9)13(17(18)19)4-3-12(10)16-14(2)5-6-14/h3-4,7-8,16H,5-6H2,1-2H3. The van der Waals surface area contributed by atoms with Crippen LogP contribution in [0.4, 0.5) is 11.4 Å². The number of aromatic nitrogens is 1. The molecular weight excluding hydrogens is 242 g/mol. The van der Waals surface area contributed by atoms with Crippen LogP contribution in [0.2, 0.25) is 0 Å². The molecule has 5 nitrogen and oxygen atoms in total. The molecule has 5 heteroatoms. The van der Waals surface area contributed by atoms with Gasteiger partial charge in [-0.3, -0.25) is 15.1 Å². The summed E-state index contributed by atoms with van der Waals surface area (Å²) in [5.74, 6) is 0. The molecule has 0 bridgehead atoms. The van der Waals surface area contributed by atoms with E-state index in [9.17, 15) is 10.1 Å². The molecule has 3 rings (SSSR count). The van der Waals surface area contributed by atoms with E-state index in [1.165, 1.54) is 0 Å². The molecular formula is C14H15N3O2. The van der Waals surface area contributed by atoms with Gasteiger partial charge < -0.3 is 5.32 Å². The molecule has 1 fully saturated rings. The Kier molecular flexibility index (Phi) is 2.45. The van der Waals surface area contributed by atoms with Gasteiger partial charge in [0.05, 0.1) is 10.3 Å². The number of aryl methyl sites for hydroxylation is 1. The first-order valence-electron chi connectivity index (χ1n) is 6.30. The van der Waals surface area contributed by atoms with E-state index in [-0.39, 0.29) is 16.1 Å². The van der Waals surface area contributed by atoms with Crippen molar-refractivity contribution in [2.45, 2.75) is 32.2 Å². The van der Waals surface area contributed by atoms with Crippen LogP contribution in [0.3, 0.4) is 0 Å². The highest BCUT2D eigenvalue weighted by Crippen LogP contribution is 2.41. The van der Waals surface area contributed by atoms with Gasteiger partial charge in [0.1, 0.15) is 0 Å². The summed E-state index contributed by atoms with van der Waals surface area (Å²) in [7, 11) is 0. The van der Waals surface area contributed by atoms with E-state index >= 15 is 0 Å². The van der Waals surface area contributed by atoms with Gasteiger partial charge >= 0.3 is 0 Å². The van der Waals surface area contributed by atoms with Crippen LogP contribution in [0.25, 0.3) is 10.8 Å². The predicted octanol–water partition coefficient (Wildman–Crippen LogP) is 3.42. The number of nitro benzene ring substituents is 1. The van der Waals surface area contributed by atoms with E-state index in [1.54, 1.807) is 18.3 Å². The fraction of sp³-hybridized carbons (Fsp3) is 0.357. The predicted molar refractivity (Wildman–Crippen MR) is 74.4 cm³/mol. The number of hydrogen-bond acceptors (Lipinski definition) is 4. The average Bonchev–Trinajstić information content (AvgIpc) is 3.07.